The van der Waals surface area contributed by atoms with Gasteiger partial charge in [-0.15, -0.1) is 0 Å². The minimum Gasteiger partial charge on any atom is -0.378 e. The molecule has 0 fully saturated rings. The highest BCUT2D eigenvalue weighted by Crippen LogP contribution is 2.45. The number of thioether (sulfide) groups is 1. The van der Waals surface area contributed by atoms with E-state index in [0.29, 0.717) is 23.0 Å². The van der Waals surface area contributed by atoms with Crippen molar-refractivity contribution in [2.24, 2.45) is 5.92 Å². The summed E-state index contributed by atoms with van der Waals surface area (Å²) in [4.78, 5) is 35.4. The molecule has 2 heterocycles. The van der Waals surface area contributed by atoms with Crippen molar-refractivity contribution in [2.45, 2.75) is 30.8 Å². The first-order chi connectivity index (χ1) is 13.5. The van der Waals surface area contributed by atoms with Gasteiger partial charge >= 0.3 is 0 Å². The molecule has 0 unspecified atom stereocenters. The van der Waals surface area contributed by atoms with E-state index in [2.05, 4.69) is 21.4 Å². The second-order valence-electron chi connectivity index (χ2n) is 7.30. The van der Waals surface area contributed by atoms with Crippen LogP contribution in [-0.2, 0) is 4.79 Å². The Labute approximate surface area is 168 Å². The van der Waals surface area contributed by atoms with Crippen LogP contribution < -0.4 is 15.8 Å². The van der Waals surface area contributed by atoms with Gasteiger partial charge < -0.3 is 15.2 Å². The van der Waals surface area contributed by atoms with Crippen molar-refractivity contribution >= 4 is 29.1 Å². The summed E-state index contributed by atoms with van der Waals surface area (Å²) in [7, 11) is 3.98. The summed E-state index contributed by atoms with van der Waals surface area (Å²) in [6, 6.07) is 8.08. The Morgan fingerprint density at radius 3 is 2.61 bits per heavy atom. The van der Waals surface area contributed by atoms with Gasteiger partial charge in [0, 0.05) is 37.8 Å². The first kappa shape index (κ1) is 18.8. The zero-order valence-corrected chi connectivity index (χ0v) is 17.1. The third-order valence-electron chi connectivity index (χ3n) is 5.33. The molecule has 2 aromatic rings. The van der Waals surface area contributed by atoms with Gasteiger partial charge in [-0.25, -0.2) is 4.98 Å². The minimum absolute atomic E-state index is 0.170. The van der Waals surface area contributed by atoms with Gasteiger partial charge in [0.15, 0.2) is 5.16 Å². The highest BCUT2D eigenvalue weighted by molar-refractivity contribution is 7.99. The Morgan fingerprint density at radius 2 is 1.93 bits per heavy atom. The number of aromatic amines is 1. The van der Waals surface area contributed by atoms with Crippen molar-refractivity contribution in [2.75, 3.05) is 30.1 Å². The van der Waals surface area contributed by atoms with E-state index in [4.69, 9.17) is 0 Å². The molecule has 28 heavy (non-hydrogen) atoms. The molecule has 1 aromatic carbocycles. The Morgan fingerprint density at radius 1 is 1.18 bits per heavy atom. The average Bonchev–Trinajstić information content (AvgIpc) is 2.67. The fraction of sp³-hybridized carbons (Fsp3) is 0.381. The molecule has 0 bridgehead atoms. The number of anilines is 2. The molecule has 4 rings (SSSR count). The van der Waals surface area contributed by atoms with Gasteiger partial charge in [0.25, 0.3) is 5.56 Å². The lowest BCUT2D eigenvalue weighted by molar-refractivity contribution is -0.122. The first-order valence-electron chi connectivity index (χ1n) is 9.53. The Balaban J connectivity index is 1.89. The molecule has 0 spiro atoms. The molecule has 6 nitrogen and oxygen atoms in total. The molecule has 0 amide bonds. The van der Waals surface area contributed by atoms with Crippen LogP contribution >= 0.6 is 11.8 Å². The van der Waals surface area contributed by atoms with E-state index in [-0.39, 0.29) is 23.2 Å². The lowest BCUT2D eigenvalue weighted by Gasteiger charge is -2.36. The van der Waals surface area contributed by atoms with E-state index >= 15 is 0 Å². The predicted molar refractivity (Wildman–Crippen MR) is 113 cm³/mol. The Bertz CT molecular complexity index is 994. The van der Waals surface area contributed by atoms with Crippen LogP contribution in [0.4, 0.5) is 11.5 Å². The Kier molecular flexibility index (Phi) is 5.02. The van der Waals surface area contributed by atoms with E-state index < -0.39 is 0 Å². The van der Waals surface area contributed by atoms with Gasteiger partial charge in [0.1, 0.15) is 11.6 Å². The molecule has 146 valence electrons. The van der Waals surface area contributed by atoms with Crippen LogP contribution in [0.1, 0.15) is 36.8 Å². The fourth-order valence-electron chi connectivity index (χ4n) is 4.01. The molecule has 1 aliphatic carbocycles. The average molecular weight is 397 g/mol. The molecular formula is C21H24N4O2S. The van der Waals surface area contributed by atoms with Gasteiger partial charge in [0.05, 0.1) is 11.5 Å². The molecule has 0 saturated carbocycles. The Hall–Kier alpha value is -2.54. The van der Waals surface area contributed by atoms with Crippen LogP contribution in [0.5, 0.6) is 0 Å². The van der Waals surface area contributed by atoms with Crippen molar-refractivity contribution in [3.05, 3.63) is 57.5 Å². The summed E-state index contributed by atoms with van der Waals surface area (Å²) in [6.45, 7) is 2.02. The molecule has 2 aliphatic rings. The number of H-pyrrole nitrogens is 1. The van der Waals surface area contributed by atoms with Crippen molar-refractivity contribution in [3.63, 3.8) is 0 Å². The van der Waals surface area contributed by atoms with Gasteiger partial charge in [-0.05, 0) is 29.9 Å². The third-order valence-corrected chi connectivity index (χ3v) is 6.08. The maximum Gasteiger partial charge on any atom is 0.257 e. The quantitative estimate of drug-likeness (QED) is 0.609. The topological polar surface area (TPSA) is 78.1 Å². The number of carbonyl (C=O) groups is 1. The molecule has 2 atom stereocenters. The second-order valence-corrected chi connectivity index (χ2v) is 8.55. The maximum absolute atomic E-state index is 13.0. The van der Waals surface area contributed by atoms with Gasteiger partial charge in [-0.3, -0.25) is 9.59 Å². The molecule has 1 aromatic heterocycles. The summed E-state index contributed by atoms with van der Waals surface area (Å²) >= 11 is 1.50. The number of rotatable bonds is 4. The number of hydrogen-bond acceptors (Lipinski definition) is 6. The summed E-state index contributed by atoms with van der Waals surface area (Å²) < 4.78 is 0. The highest BCUT2D eigenvalue weighted by atomic mass is 32.2. The molecule has 2 N–H and O–H groups in total. The highest BCUT2D eigenvalue weighted by Gasteiger charge is 2.42. The predicted octanol–water partition coefficient (Wildman–Crippen LogP) is 3.37. The van der Waals surface area contributed by atoms with Crippen LogP contribution in [-0.4, -0.2) is 35.6 Å². The van der Waals surface area contributed by atoms with Gasteiger partial charge in [0.2, 0.25) is 0 Å². The molecule has 0 saturated heterocycles. The number of nitrogens with zero attached hydrogens (tertiary/aromatic N) is 2. The van der Waals surface area contributed by atoms with Crippen molar-refractivity contribution in [3.8, 4) is 0 Å². The molecule has 0 radical (unpaired) electrons. The van der Waals surface area contributed by atoms with E-state index in [9.17, 15) is 9.59 Å². The third kappa shape index (κ3) is 3.24. The van der Waals surface area contributed by atoms with Gasteiger partial charge in [-0.2, -0.15) is 0 Å². The van der Waals surface area contributed by atoms with Crippen molar-refractivity contribution in [1.82, 2.24) is 9.97 Å². The summed E-state index contributed by atoms with van der Waals surface area (Å²) in [5.41, 5.74) is 3.28. The second kappa shape index (κ2) is 7.47. The zero-order chi connectivity index (χ0) is 19.8. The summed E-state index contributed by atoms with van der Waals surface area (Å²) in [6.07, 6.45) is 3.30. The molecule has 7 heteroatoms. The van der Waals surface area contributed by atoms with Crippen molar-refractivity contribution < 1.29 is 4.79 Å². The number of fused-ring (bicyclic) bond motifs is 2. The number of allylic oxidation sites excluding steroid dienone is 2. The fourth-order valence-corrected chi connectivity index (χ4v) is 4.61. The summed E-state index contributed by atoms with van der Waals surface area (Å²) in [5, 5.41) is 3.88. The van der Waals surface area contributed by atoms with E-state index in [1.807, 2.05) is 50.2 Å². The number of benzene rings is 1. The number of ketones is 1. The lowest BCUT2D eigenvalue weighted by Crippen LogP contribution is -2.38. The summed E-state index contributed by atoms with van der Waals surface area (Å²) in [5.74, 6) is 0.867. The van der Waals surface area contributed by atoms with Gasteiger partial charge in [-0.1, -0.05) is 36.9 Å². The maximum atomic E-state index is 13.0. The largest absolute Gasteiger partial charge is 0.378 e. The number of carbonyl (C=O) groups excluding carboxylic acids is 1. The number of Topliss-reactive ketones (excluding diaryl/α,β-unsaturated/α-hetero) is 1. The van der Waals surface area contributed by atoms with Crippen LogP contribution in [0.3, 0.4) is 0 Å². The SMILES string of the molecule is CCSc1nc2c(c(=O)[nH]1)[C@H](c1ccc(N(C)C)cc1)[C@H]1C(=O)CCC=C1N2. The van der Waals surface area contributed by atoms with Crippen LogP contribution in [0.2, 0.25) is 0 Å². The number of nitrogens with one attached hydrogen (secondary N) is 2. The van der Waals surface area contributed by atoms with Crippen LogP contribution in [0.25, 0.3) is 0 Å². The van der Waals surface area contributed by atoms with Crippen LogP contribution in [0.15, 0.2) is 46.0 Å². The normalized spacial score (nSPS) is 20.7. The molecule has 1 aliphatic heterocycles. The van der Waals surface area contributed by atoms with Crippen molar-refractivity contribution in [1.29, 1.82) is 0 Å². The number of aromatic nitrogens is 2. The first-order valence-corrected chi connectivity index (χ1v) is 10.5. The van der Waals surface area contributed by atoms with E-state index in [1.54, 1.807) is 0 Å². The van der Waals surface area contributed by atoms with E-state index in [0.717, 1.165) is 29.1 Å². The minimum atomic E-state index is -0.362. The van der Waals surface area contributed by atoms with E-state index in [1.165, 1.54) is 11.8 Å². The lowest BCUT2D eigenvalue weighted by atomic mass is 9.72. The zero-order valence-electron chi connectivity index (χ0n) is 16.3. The van der Waals surface area contributed by atoms with Crippen LogP contribution in [0, 0.1) is 5.92 Å². The monoisotopic (exact) mass is 396 g/mol. The smallest absolute Gasteiger partial charge is 0.257 e. The molecular weight excluding hydrogens is 372 g/mol. The number of hydrogen-bond donors (Lipinski definition) is 2. The standard InChI is InChI=1S/C21H24N4O2S/c1-4-28-21-23-19-18(20(27)24-21)16(12-8-10-13(11-9-12)25(2)3)17-14(22-19)6-5-7-15(17)26/h6,8-11,16-17H,4-5,7H2,1-3H3,(H2,22,23,24,27)/t16-,17-/m1/s1.